The Kier molecular flexibility index (Phi) is 10.1. The van der Waals surface area contributed by atoms with E-state index in [0.29, 0.717) is 18.6 Å². The van der Waals surface area contributed by atoms with Gasteiger partial charge in [0.15, 0.2) is 0 Å². The van der Waals surface area contributed by atoms with E-state index in [4.69, 9.17) is 14.4 Å². The van der Waals surface area contributed by atoms with Gasteiger partial charge in [0.25, 0.3) is 0 Å². The van der Waals surface area contributed by atoms with Gasteiger partial charge in [0.2, 0.25) is 0 Å². The third-order valence-corrected chi connectivity index (χ3v) is 5.71. The molecule has 0 aliphatic carbocycles. The number of hydrogen-bond donors (Lipinski definition) is 5. The Balaban J connectivity index is 2.79. The Morgan fingerprint density at radius 2 is 1.92 bits per heavy atom. The molecule has 1 saturated heterocycles. The van der Waals surface area contributed by atoms with Crippen LogP contribution in [0.25, 0.3) is 0 Å². The molecule has 0 aromatic heterocycles. The lowest BCUT2D eigenvalue weighted by Gasteiger charge is -2.39. The molecule has 6 atom stereocenters. The van der Waals surface area contributed by atoms with Crippen molar-refractivity contribution in [1.82, 2.24) is 0 Å². The van der Waals surface area contributed by atoms with Gasteiger partial charge in [0.05, 0.1) is 12.9 Å². The highest BCUT2D eigenvalue weighted by Gasteiger charge is 2.44. The van der Waals surface area contributed by atoms with Gasteiger partial charge in [0, 0.05) is 0 Å². The molecule has 0 saturated carbocycles. The van der Waals surface area contributed by atoms with E-state index < -0.39 is 58.0 Å². The second kappa shape index (κ2) is 11.0. The maximum Gasteiger partial charge on any atom is 0.466 e. The van der Waals surface area contributed by atoms with Crippen LogP contribution in [0.3, 0.4) is 0 Å². The van der Waals surface area contributed by atoms with Crippen LogP contribution >= 0.6 is 11.8 Å². The number of unbranched alkanes of at least 4 members (excludes halogenated alkanes) is 1. The lowest BCUT2D eigenvalue weighted by molar-refractivity contribution is -0.205. The van der Waals surface area contributed by atoms with Gasteiger partial charge in [-0.3, -0.25) is 4.55 Å². The van der Waals surface area contributed by atoms with Crippen molar-refractivity contribution in [2.45, 2.75) is 49.1 Å². The summed E-state index contributed by atoms with van der Waals surface area (Å²) in [4.78, 5) is 0. The number of oxime groups is 1. The first kappa shape index (κ1) is 23.9. The minimum Gasteiger partial charge on any atom is -0.617 e. The van der Waals surface area contributed by atoms with Crippen LogP contribution in [-0.2, 0) is 30.6 Å². The average molecular weight is 438 g/mol. The van der Waals surface area contributed by atoms with E-state index in [9.17, 15) is 28.3 Å². The summed E-state index contributed by atoms with van der Waals surface area (Å²) in [5.74, 6) is 0.428. The maximum atomic E-state index is 11.1. The van der Waals surface area contributed by atoms with E-state index in [0.717, 1.165) is 11.8 Å². The smallest absolute Gasteiger partial charge is 0.466 e. The van der Waals surface area contributed by atoms with Crippen molar-refractivity contribution in [1.29, 1.82) is 0 Å². The average Bonchev–Trinajstić information content (AvgIpc) is 2.55. The van der Waals surface area contributed by atoms with Gasteiger partial charge in [-0.1, -0.05) is 28.1 Å². The van der Waals surface area contributed by atoms with Crippen molar-refractivity contribution in [3.8, 4) is 0 Å². The maximum absolute atomic E-state index is 11.1. The third-order valence-electron chi connectivity index (χ3n) is 3.41. The first-order valence-electron chi connectivity index (χ1n) is 7.55. The molecule has 154 valence electrons. The highest BCUT2D eigenvalue weighted by molar-refractivity contribution is 8.14. The zero-order valence-corrected chi connectivity index (χ0v) is 16.3. The first-order valence-corrected chi connectivity index (χ1v) is 11.5. The van der Waals surface area contributed by atoms with Crippen molar-refractivity contribution < 1.29 is 47.0 Å². The lowest BCUT2D eigenvalue weighted by atomic mass is 10.0. The van der Waals surface area contributed by atoms with Crippen LogP contribution < -0.4 is 0 Å². The monoisotopic (exact) mass is 437 g/mol. The summed E-state index contributed by atoms with van der Waals surface area (Å²) in [6.45, 7) is -0.613. The van der Waals surface area contributed by atoms with Crippen LogP contribution in [0.4, 0.5) is 0 Å². The Bertz CT molecular complexity index is 555. The van der Waals surface area contributed by atoms with E-state index >= 15 is 0 Å². The van der Waals surface area contributed by atoms with Crippen molar-refractivity contribution in [2.24, 2.45) is 5.16 Å². The molecule has 11 nitrogen and oxygen atoms in total. The van der Waals surface area contributed by atoms with Gasteiger partial charge in [-0.05, 0) is 19.3 Å². The van der Waals surface area contributed by atoms with Crippen molar-refractivity contribution in [3.05, 3.63) is 0 Å². The topological polar surface area (TPSA) is 189 Å². The number of thioether (sulfide) groups is 1. The molecule has 0 amide bonds. The fourth-order valence-electron chi connectivity index (χ4n) is 2.10. The summed E-state index contributed by atoms with van der Waals surface area (Å²) in [5, 5.41) is 42.0. The Morgan fingerprint density at radius 3 is 2.46 bits per heavy atom. The predicted octanol–water partition coefficient (Wildman–Crippen LogP) is -1.80. The van der Waals surface area contributed by atoms with E-state index in [1.54, 1.807) is 6.26 Å². The molecule has 0 aromatic carbocycles. The summed E-state index contributed by atoms with van der Waals surface area (Å²) in [5.41, 5.74) is -1.17. The van der Waals surface area contributed by atoms with Crippen LogP contribution in [-0.4, -0.2) is 91.5 Å². The number of nitrogens with zero attached hydrogens (tertiary/aromatic N) is 1. The number of ether oxygens (including phenoxy) is 1. The molecule has 1 aliphatic rings. The van der Waals surface area contributed by atoms with Gasteiger partial charge in [-0.25, -0.2) is 4.28 Å². The van der Waals surface area contributed by atoms with Crippen LogP contribution in [0.1, 0.15) is 19.3 Å². The summed E-state index contributed by atoms with van der Waals surface area (Å²) >= 11 is -0.275. The zero-order valence-electron chi connectivity index (χ0n) is 13.9. The largest absolute Gasteiger partial charge is 0.617 e. The van der Waals surface area contributed by atoms with Crippen molar-refractivity contribution in [3.63, 3.8) is 0 Å². The van der Waals surface area contributed by atoms with Gasteiger partial charge in [0.1, 0.15) is 40.6 Å². The predicted molar refractivity (Wildman–Crippen MR) is 94.2 cm³/mol. The highest BCUT2D eigenvalue weighted by atomic mass is 32.3. The lowest BCUT2D eigenvalue weighted by Crippen LogP contribution is -2.57. The number of hydrogen-bond acceptors (Lipinski definition) is 11. The molecule has 1 aliphatic heterocycles. The molecule has 1 fully saturated rings. The molecule has 0 aromatic rings. The third kappa shape index (κ3) is 8.24. The van der Waals surface area contributed by atoms with Crippen LogP contribution in [0.2, 0.25) is 0 Å². The van der Waals surface area contributed by atoms with Crippen LogP contribution in [0.15, 0.2) is 5.16 Å². The van der Waals surface area contributed by atoms with Gasteiger partial charge < -0.3 is 29.7 Å². The summed E-state index contributed by atoms with van der Waals surface area (Å²) < 4.78 is 50.4. The van der Waals surface area contributed by atoms with Gasteiger partial charge in [-0.15, -0.1) is 0 Å². The van der Waals surface area contributed by atoms with E-state index in [1.165, 1.54) is 0 Å². The summed E-state index contributed by atoms with van der Waals surface area (Å²) in [6.07, 6.45) is -3.09. The van der Waals surface area contributed by atoms with Crippen molar-refractivity contribution >= 4 is 38.4 Å². The van der Waals surface area contributed by atoms with Gasteiger partial charge in [-0.2, -0.15) is 8.42 Å². The van der Waals surface area contributed by atoms with E-state index in [1.807, 2.05) is 0 Å². The van der Waals surface area contributed by atoms with E-state index in [2.05, 4.69) is 9.44 Å². The normalized spacial score (nSPS) is 31.7. The van der Waals surface area contributed by atoms with Gasteiger partial charge >= 0.3 is 10.4 Å². The quantitative estimate of drug-likeness (QED) is 0.0683. The van der Waals surface area contributed by atoms with Crippen molar-refractivity contribution in [2.75, 3.05) is 18.6 Å². The number of aliphatic hydroxyl groups excluding tert-OH is 4. The standard InChI is InChI=1S/C12H23NO10S3/c1-25(18)5-3-2-4-8(13-23-26(19,20)21)24-12-11(17)10(16)9(15)7(6-14)22-12/h7,9-12,14-17H,2-6H2,1H3,(H,19,20,21)/t7-,9-,10+,11-,12+,25?/m1/s1. The molecule has 26 heavy (non-hydrogen) atoms. The Hall–Kier alpha value is -0.160. The minimum absolute atomic E-state index is 0.0221. The molecule has 5 N–H and O–H groups in total. The molecule has 1 unspecified atom stereocenters. The fraction of sp³-hybridized carbons (Fsp3) is 0.917. The Morgan fingerprint density at radius 1 is 1.27 bits per heavy atom. The molecule has 1 heterocycles. The summed E-state index contributed by atoms with van der Waals surface area (Å²) in [7, 11) is -4.83. The highest BCUT2D eigenvalue weighted by Crippen LogP contribution is 2.30. The molecule has 0 bridgehead atoms. The Labute approximate surface area is 158 Å². The fourth-order valence-corrected chi connectivity index (χ4v) is 4.05. The molecule has 1 rings (SSSR count). The molecule has 0 radical (unpaired) electrons. The number of rotatable bonds is 9. The molecular formula is C12H23NO10S3. The zero-order chi connectivity index (χ0) is 19.9. The number of aliphatic hydroxyl groups is 4. The molecular weight excluding hydrogens is 414 g/mol. The van der Waals surface area contributed by atoms with Crippen LogP contribution in [0.5, 0.6) is 0 Å². The molecule has 0 spiro atoms. The first-order chi connectivity index (χ1) is 12.0. The van der Waals surface area contributed by atoms with E-state index in [-0.39, 0.29) is 11.5 Å². The minimum atomic E-state index is -4.83. The summed E-state index contributed by atoms with van der Waals surface area (Å²) in [6, 6.07) is 0. The second-order valence-electron chi connectivity index (χ2n) is 5.54. The SMILES string of the molecule is C[S+]([O-])CCCCC(=NOS(=O)(=O)O)S[C@@H]1O[C@H](CO)[C@@H](O)[C@H](O)[C@H]1O. The second-order valence-corrected chi connectivity index (χ2v) is 9.27. The molecule has 14 heteroatoms. The van der Waals surface area contributed by atoms with Crippen LogP contribution in [0, 0.1) is 0 Å².